The van der Waals surface area contributed by atoms with Gasteiger partial charge < -0.3 is 4.98 Å². The molecule has 0 atom stereocenters. The maximum atomic E-state index is 11.9. The molecule has 110 valence electrons. The molecule has 2 aliphatic carbocycles. The lowest BCUT2D eigenvalue weighted by molar-refractivity contribution is 0.311. The van der Waals surface area contributed by atoms with Gasteiger partial charge in [-0.15, -0.1) is 0 Å². The van der Waals surface area contributed by atoms with Crippen LogP contribution >= 0.6 is 0 Å². The maximum Gasteiger partial charge on any atom is 0.251 e. The number of aromatic nitrogens is 2. The monoisotopic (exact) mass is 274 g/mol. The average molecular weight is 274 g/mol. The Kier molecular flexibility index (Phi) is 4.23. The normalized spacial score (nSPS) is 27.9. The highest BCUT2D eigenvalue weighted by atomic mass is 16.1. The topological polar surface area (TPSA) is 45.8 Å². The Balaban J connectivity index is 1.77. The van der Waals surface area contributed by atoms with Crippen molar-refractivity contribution in [1.82, 2.24) is 9.97 Å². The van der Waals surface area contributed by atoms with Crippen molar-refractivity contribution in [3.63, 3.8) is 0 Å². The molecule has 0 unspecified atom stereocenters. The van der Waals surface area contributed by atoms with E-state index in [0.29, 0.717) is 11.8 Å². The van der Waals surface area contributed by atoms with E-state index in [1.807, 2.05) is 0 Å². The summed E-state index contributed by atoms with van der Waals surface area (Å²) in [7, 11) is 0. The summed E-state index contributed by atoms with van der Waals surface area (Å²) in [4.78, 5) is 19.8. The Bertz CT molecular complexity index is 494. The van der Waals surface area contributed by atoms with Gasteiger partial charge in [0.05, 0.1) is 5.69 Å². The molecule has 1 aromatic rings. The number of nitrogens with zero attached hydrogens (tertiary/aromatic N) is 1. The zero-order valence-corrected chi connectivity index (χ0v) is 12.5. The number of aromatic amines is 1. The van der Waals surface area contributed by atoms with Gasteiger partial charge in [-0.2, -0.15) is 0 Å². The Morgan fingerprint density at radius 3 is 2.45 bits per heavy atom. The van der Waals surface area contributed by atoms with Crippen LogP contribution in [0.25, 0.3) is 0 Å². The van der Waals surface area contributed by atoms with E-state index < -0.39 is 0 Å². The molecule has 0 aliphatic heterocycles. The molecule has 0 bridgehead atoms. The number of hydrogen-bond donors (Lipinski definition) is 1. The average Bonchev–Trinajstić information content (AvgIpc) is 3.01. The molecule has 0 radical (unpaired) electrons. The smallest absolute Gasteiger partial charge is 0.251 e. The van der Waals surface area contributed by atoms with Gasteiger partial charge in [-0.05, 0) is 44.4 Å². The van der Waals surface area contributed by atoms with Crippen molar-refractivity contribution in [2.75, 3.05) is 0 Å². The molecule has 20 heavy (non-hydrogen) atoms. The fraction of sp³-hybridized carbons (Fsp3) is 0.765. The van der Waals surface area contributed by atoms with Gasteiger partial charge in [0.15, 0.2) is 0 Å². The van der Waals surface area contributed by atoms with Crippen LogP contribution in [-0.2, 0) is 0 Å². The molecule has 0 aromatic carbocycles. The van der Waals surface area contributed by atoms with Crippen molar-refractivity contribution in [2.24, 2.45) is 5.92 Å². The molecule has 0 amide bonds. The third kappa shape index (κ3) is 2.97. The zero-order chi connectivity index (χ0) is 13.9. The van der Waals surface area contributed by atoms with Crippen LogP contribution in [0.2, 0.25) is 0 Å². The molecule has 1 N–H and O–H groups in total. The van der Waals surface area contributed by atoms with Crippen molar-refractivity contribution in [3.8, 4) is 0 Å². The zero-order valence-electron chi connectivity index (χ0n) is 12.5. The van der Waals surface area contributed by atoms with Crippen molar-refractivity contribution in [2.45, 2.75) is 76.5 Å². The first-order chi connectivity index (χ1) is 9.76. The highest BCUT2D eigenvalue weighted by molar-refractivity contribution is 5.12. The molecule has 3 rings (SSSR count). The molecular formula is C17H26N2O. The first-order valence-electron chi connectivity index (χ1n) is 8.37. The first-order valence-corrected chi connectivity index (χ1v) is 8.37. The Morgan fingerprint density at radius 1 is 1.10 bits per heavy atom. The van der Waals surface area contributed by atoms with E-state index in [2.05, 4.69) is 11.9 Å². The fourth-order valence-electron chi connectivity index (χ4n) is 3.96. The lowest BCUT2D eigenvalue weighted by atomic mass is 9.80. The summed E-state index contributed by atoms with van der Waals surface area (Å²) in [6, 6.07) is 1.73. The first kappa shape index (κ1) is 13.8. The van der Waals surface area contributed by atoms with Crippen LogP contribution < -0.4 is 5.56 Å². The van der Waals surface area contributed by atoms with Crippen LogP contribution in [0.3, 0.4) is 0 Å². The molecule has 1 aromatic heterocycles. The van der Waals surface area contributed by atoms with Gasteiger partial charge in [-0.25, -0.2) is 4.98 Å². The fourth-order valence-corrected chi connectivity index (χ4v) is 3.96. The quantitative estimate of drug-likeness (QED) is 0.901. The van der Waals surface area contributed by atoms with Crippen molar-refractivity contribution >= 4 is 0 Å². The second-order valence-corrected chi connectivity index (χ2v) is 6.66. The molecule has 1 heterocycles. The highest BCUT2D eigenvalue weighted by Crippen LogP contribution is 2.37. The van der Waals surface area contributed by atoms with E-state index in [9.17, 15) is 4.79 Å². The third-order valence-electron chi connectivity index (χ3n) is 5.36. The van der Waals surface area contributed by atoms with Gasteiger partial charge in [0.1, 0.15) is 5.82 Å². The van der Waals surface area contributed by atoms with Crippen LogP contribution in [-0.4, -0.2) is 9.97 Å². The predicted molar refractivity (Wildman–Crippen MR) is 81.1 cm³/mol. The summed E-state index contributed by atoms with van der Waals surface area (Å²) in [5.41, 5.74) is 1.10. The lowest BCUT2D eigenvalue weighted by Gasteiger charge is -2.27. The summed E-state index contributed by atoms with van der Waals surface area (Å²) < 4.78 is 0. The SMILES string of the molecule is CCC1CCC(c2nc(C3CCCC3)cc(=O)[nH]2)CC1. The number of nitrogens with one attached hydrogen (secondary N) is 1. The Hall–Kier alpha value is -1.12. The minimum absolute atomic E-state index is 0.0505. The number of H-pyrrole nitrogens is 1. The Labute approximate surface area is 121 Å². The maximum absolute atomic E-state index is 11.9. The molecule has 2 fully saturated rings. The standard InChI is InChI=1S/C17H26N2O/c1-2-12-7-9-14(10-8-12)17-18-15(11-16(20)19-17)13-5-3-4-6-13/h11-14H,2-10H2,1H3,(H,18,19,20). The van der Waals surface area contributed by atoms with Gasteiger partial charge in [0.25, 0.3) is 5.56 Å². The van der Waals surface area contributed by atoms with Crippen LogP contribution in [0.5, 0.6) is 0 Å². The number of rotatable bonds is 3. The summed E-state index contributed by atoms with van der Waals surface area (Å²) >= 11 is 0. The molecule has 0 saturated heterocycles. The van der Waals surface area contributed by atoms with Crippen molar-refractivity contribution in [1.29, 1.82) is 0 Å². The second-order valence-electron chi connectivity index (χ2n) is 6.66. The summed E-state index contributed by atoms with van der Waals surface area (Å²) in [5.74, 6) is 2.86. The number of hydrogen-bond acceptors (Lipinski definition) is 2. The second kappa shape index (κ2) is 6.11. The molecule has 2 saturated carbocycles. The largest absolute Gasteiger partial charge is 0.310 e. The third-order valence-corrected chi connectivity index (χ3v) is 5.36. The van der Waals surface area contributed by atoms with E-state index in [1.54, 1.807) is 6.07 Å². The van der Waals surface area contributed by atoms with Crippen LogP contribution in [0.15, 0.2) is 10.9 Å². The minimum atomic E-state index is 0.0505. The summed E-state index contributed by atoms with van der Waals surface area (Å²) in [6.07, 6.45) is 11.2. The summed E-state index contributed by atoms with van der Waals surface area (Å²) in [6.45, 7) is 2.28. The summed E-state index contributed by atoms with van der Waals surface area (Å²) in [5, 5.41) is 0. The molecule has 3 nitrogen and oxygen atoms in total. The van der Waals surface area contributed by atoms with Gasteiger partial charge >= 0.3 is 0 Å². The van der Waals surface area contributed by atoms with Gasteiger partial charge in [-0.1, -0.05) is 26.2 Å². The van der Waals surface area contributed by atoms with Gasteiger partial charge in [-0.3, -0.25) is 4.79 Å². The van der Waals surface area contributed by atoms with E-state index in [4.69, 9.17) is 4.98 Å². The molecule has 0 spiro atoms. The molecular weight excluding hydrogens is 248 g/mol. The van der Waals surface area contributed by atoms with E-state index in [1.165, 1.54) is 57.8 Å². The van der Waals surface area contributed by atoms with Gasteiger partial charge in [0, 0.05) is 17.9 Å². The predicted octanol–water partition coefficient (Wildman–Crippen LogP) is 4.11. The van der Waals surface area contributed by atoms with Gasteiger partial charge in [0.2, 0.25) is 0 Å². The van der Waals surface area contributed by atoms with E-state index in [0.717, 1.165) is 17.4 Å². The van der Waals surface area contributed by atoms with Crippen molar-refractivity contribution in [3.05, 3.63) is 27.9 Å². The molecule has 3 heteroatoms. The van der Waals surface area contributed by atoms with Crippen LogP contribution in [0.1, 0.15) is 88.1 Å². The van der Waals surface area contributed by atoms with Crippen LogP contribution in [0, 0.1) is 5.92 Å². The lowest BCUT2D eigenvalue weighted by Crippen LogP contribution is -2.20. The minimum Gasteiger partial charge on any atom is -0.310 e. The van der Waals surface area contributed by atoms with Crippen molar-refractivity contribution < 1.29 is 0 Å². The van der Waals surface area contributed by atoms with E-state index in [-0.39, 0.29) is 5.56 Å². The molecule has 2 aliphatic rings. The van der Waals surface area contributed by atoms with Crippen LogP contribution in [0.4, 0.5) is 0 Å². The Morgan fingerprint density at radius 2 is 1.80 bits per heavy atom. The van der Waals surface area contributed by atoms with E-state index >= 15 is 0 Å². The highest BCUT2D eigenvalue weighted by Gasteiger charge is 2.25.